The van der Waals surface area contributed by atoms with Gasteiger partial charge in [-0.25, -0.2) is 0 Å². The molecular weight excluding hydrogens is 242 g/mol. The van der Waals surface area contributed by atoms with Crippen LogP contribution in [0, 0.1) is 5.41 Å². The third kappa shape index (κ3) is 2.36. The van der Waals surface area contributed by atoms with E-state index in [2.05, 4.69) is 5.32 Å². The topological polar surface area (TPSA) is 29.1 Å². The highest BCUT2D eigenvalue weighted by Crippen LogP contribution is 2.46. The van der Waals surface area contributed by atoms with Crippen LogP contribution in [0.15, 0.2) is 23.1 Å². The zero-order valence-corrected chi connectivity index (χ0v) is 10.9. The third-order valence-electron chi connectivity index (χ3n) is 2.97. The van der Waals surface area contributed by atoms with Crippen molar-refractivity contribution in [2.45, 2.75) is 24.7 Å². The average molecular weight is 256 g/mol. The summed E-state index contributed by atoms with van der Waals surface area (Å²) in [6.07, 6.45) is 3.94. The van der Waals surface area contributed by atoms with Gasteiger partial charge < -0.3 is 5.32 Å². The van der Waals surface area contributed by atoms with Crippen LogP contribution in [0.4, 0.5) is 5.69 Å². The second-order valence-electron chi connectivity index (χ2n) is 4.36. The van der Waals surface area contributed by atoms with Crippen molar-refractivity contribution >= 4 is 35.0 Å². The Balaban J connectivity index is 2.12. The Morgan fingerprint density at radius 2 is 2.19 bits per heavy atom. The van der Waals surface area contributed by atoms with Gasteiger partial charge in [-0.2, -0.15) is 0 Å². The van der Waals surface area contributed by atoms with Gasteiger partial charge in [0.05, 0.1) is 10.7 Å². The summed E-state index contributed by atoms with van der Waals surface area (Å²) in [7, 11) is 0. The van der Waals surface area contributed by atoms with E-state index in [0.29, 0.717) is 10.7 Å². The van der Waals surface area contributed by atoms with E-state index in [9.17, 15) is 4.79 Å². The van der Waals surface area contributed by atoms with Crippen molar-refractivity contribution in [2.75, 3.05) is 11.6 Å². The summed E-state index contributed by atoms with van der Waals surface area (Å²) < 4.78 is 0. The van der Waals surface area contributed by atoms with Crippen molar-refractivity contribution < 1.29 is 4.79 Å². The minimum absolute atomic E-state index is 0.0753. The lowest BCUT2D eigenvalue weighted by Crippen LogP contribution is -2.21. The number of carbonyl (C=O) groups is 1. The molecule has 1 aliphatic carbocycles. The summed E-state index contributed by atoms with van der Waals surface area (Å²) in [6, 6.07) is 5.69. The highest BCUT2D eigenvalue weighted by molar-refractivity contribution is 7.98. The first-order valence-electron chi connectivity index (χ1n) is 5.20. The molecule has 1 aromatic carbocycles. The van der Waals surface area contributed by atoms with E-state index >= 15 is 0 Å². The Hall–Kier alpha value is -0.670. The SMILES string of the molecule is CSc1ccc(NC(=O)C2(C)CC2)c(Cl)c1. The molecule has 0 aliphatic heterocycles. The number of carbonyl (C=O) groups excluding carboxylic acids is 1. The fourth-order valence-electron chi connectivity index (χ4n) is 1.41. The predicted molar refractivity (Wildman–Crippen MR) is 69.2 cm³/mol. The smallest absolute Gasteiger partial charge is 0.230 e. The number of benzene rings is 1. The molecule has 0 aromatic heterocycles. The fraction of sp³-hybridized carbons (Fsp3) is 0.417. The molecule has 1 fully saturated rings. The molecule has 1 N–H and O–H groups in total. The van der Waals surface area contributed by atoms with Crippen LogP contribution >= 0.6 is 23.4 Å². The predicted octanol–water partition coefficient (Wildman–Crippen LogP) is 3.80. The third-order valence-corrected chi connectivity index (χ3v) is 4.01. The monoisotopic (exact) mass is 255 g/mol. The molecule has 0 spiro atoms. The van der Waals surface area contributed by atoms with Gasteiger partial charge in [-0.3, -0.25) is 4.79 Å². The Kier molecular flexibility index (Phi) is 3.17. The molecule has 0 atom stereocenters. The van der Waals surface area contributed by atoms with Gasteiger partial charge in [-0.15, -0.1) is 11.8 Å². The average Bonchev–Trinajstić information content (AvgIpc) is 3.01. The first-order valence-corrected chi connectivity index (χ1v) is 6.80. The van der Waals surface area contributed by atoms with Crippen LogP contribution in [0.3, 0.4) is 0 Å². The summed E-state index contributed by atoms with van der Waals surface area (Å²) in [5, 5.41) is 3.49. The molecule has 1 aliphatic rings. The molecule has 4 heteroatoms. The number of halogens is 1. The summed E-state index contributed by atoms with van der Waals surface area (Å²) in [4.78, 5) is 12.9. The first kappa shape index (κ1) is 11.8. The lowest BCUT2D eigenvalue weighted by atomic mass is 10.1. The van der Waals surface area contributed by atoms with Crippen LogP contribution in [-0.4, -0.2) is 12.2 Å². The van der Waals surface area contributed by atoms with Gasteiger partial charge in [0.1, 0.15) is 0 Å². The molecule has 0 bridgehead atoms. The standard InChI is InChI=1S/C12H14ClNOS/c1-12(5-6-12)11(15)14-10-4-3-8(16-2)7-9(10)13/h3-4,7H,5-6H2,1-2H3,(H,14,15). The maximum atomic E-state index is 11.8. The fourth-order valence-corrected chi connectivity index (χ4v) is 2.14. The minimum Gasteiger partial charge on any atom is -0.324 e. The van der Waals surface area contributed by atoms with Crippen LogP contribution in [0.2, 0.25) is 5.02 Å². The van der Waals surface area contributed by atoms with E-state index in [4.69, 9.17) is 11.6 Å². The van der Waals surface area contributed by atoms with E-state index < -0.39 is 0 Å². The van der Waals surface area contributed by atoms with E-state index in [0.717, 1.165) is 17.7 Å². The Bertz CT molecular complexity index is 429. The molecule has 2 nitrogen and oxygen atoms in total. The van der Waals surface area contributed by atoms with Crippen molar-refractivity contribution in [3.8, 4) is 0 Å². The van der Waals surface area contributed by atoms with Crippen molar-refractivity contribution in [3.63, 3.8) is 0 Å². The Morgan fingerprint density at radius 3 is 2.69 bits per heavy atom. The lowest BCUT2D eigenvalue weighted by Gasteiger charge is -2.11. The number of rotatable bonds is 3. The highest BCUT2D eigenvalue weighted by atomic mass is 35.5. The van der Waals surface area contributed by atoms with Crippen molar-refractivity contribution in [1.82, 2.24) is 0 Å². The van der Waals surface area contributed by atoms with Crippen molar-refractivity contribution in [3.05, 3.63) is 23.2 Å². The molecule has 1 aromatic rings. The van der Waals surface area contributed by atoms with Gasteiger partial charge in [-0.1, -0.05) is 18.5 Å². The largest absolute Gasteiger partial charge is 0.324 e. The van der Waals surface area contributed by atoms with Crippen LogP contribution in [-0.2, 0) is 4.79 Å². The Morgan fingerprint density at radius 1 is 1.50 bits per heavy atom. The van der Waals surface area contributed by atoms with Gasteiger partial charge in [0.2, 0.25) is 5.91 Å². The van der Waals surface area contributed by atoms with E-state index in [-0.39, 0.29) is 11.3 Å². The zero-order valence-electron chi connectivity index (χ0n) is 9.34. The van der Waals surface area contributed by atoms with Crippen LogP contribution in [0.1, 0.15) is 19.8 Å². The molecule has 0 heterocycles. The number of thioether (sulfide) groups is 1. The molecule has 0 saturated heterocycles. The number of hydrogen-bond donors (Lipinski definition) is 1. The number of hydrogen-bond acceptors (Lipinski definition) is 2. The van der Waals surface area contributed by atoms with Gasteiger partial charge in [0.25, 0.3) is 0 Å². The van der Waals surface area contributed by atoms with Gasteiger partial charge in [0.15, 0.2) is 0 Å². The van der Waals surface area contributed by atoms with E-state index in [1.807, 2.05) is 31.4 Å². The number of amides is 1. The summed E-state index contributed by atoms with van der Waals surface area (Å²) in [6.45, 7) is 1.98. The van der Waals surface area contributed by atoms with Crippen LogP contribution in [0.25, 0.3) is 0 Å². The highest BCUT2D eigenvalue weighted by Gasteiger charge is 2.44. The van der Waals surface area contributed by atoms with Crippen LogP contribution in [0.5, 0.6) is 0 Å². The lowest BCUT2D eigenvalue weighted by molar-refractivity contribution is -0.120. The molecule has 1 saturated carbocycles. The molecule has 2 rings (SSSR count). The maximum absolute atomic E-state index is 11.8. The summed E-state index contributed by atoms with van der Waals surface area (Å²) >= 11 is 7.73. The second-order valence-corrected chi connectivity index (χ2v) is 5.65. The van der Waals surface area contributed by atoms with Crippen LogP contribution < -0.4 is 5.32 Å². The molecule has 0 unspecified atom stereocenters. The first-order chi connectivity index (χ1) is 7.55. The molecule has 16 heavy (non-hydrogen) atoms. The number of nitrogens with one attached hydrogen (secondary N) is 1. The van der Waals surface area contributed by atoms with Gasteiger partial charge in [-0.05, 0) is 37.3 Å². The molecule has 1 amide bonds. The minimum atomic E-state index is -0.165. The normalized spacial score (nSPS) is 16.9. The van der Waals surface area contributed by atoms with Gasteiger partial charge >= 0.3 is 0 Å². The second kappa shape index (κ2) is 4.30. The molecule has 0 radical (unpaired) electrons. The van der Waals surface area contributed by atoms with Gasteiger partial charge in [0, 0.05) is 10.3 Å². The van der Waals surface area contributed by atoms with Crippen molar-refractivity contribution in [2.24, 2.45) is 5.41 Å². The molecule has 86 valence electrons. The molecular formula is C12H14ClNOS. The summed E-state index contributed by atoms with van der Waals surface area (Å²) in [5.74, 6) is 0.0753. The van der Waals surface area contributed by atoms with Crippen molar-refractivity contribution in [1.29, 1.82) is 0 Å². The van der Waals surface area contributed by atoms with E-state index in [1.54, 1.807) is 11.8 Å². The zero-order chi connectivity index (χ0) is 11.8. The van der Waals surface area contributed by atoms with E-state index in [1.165, 1.54) is 0 Å². The number of anilines is 1. The quantitative estimate of drug-likeness (QED) is 0.833. The summed E-state index contributed by atoms with van der Waals surface area (Å²) in [5.41, 5.74) is 0.541. The Labute approximate surface area is 105 Å². The maximum Gasteiger partial charge on any atom is 0.230 e.